The Morgan fingerprint density at radius 2 is 2.20 bits per heavy atom. The van der Waals surface area contributed by atoms with E-state index in [1.165, 1.54) is 0 Å². The smallest absolute Gasteiger partial charge is 0.172 e. The Morgan fingerprint density at radius 3 is 2.85 bits per heavy atom. The van der Waals surface area contributed by atoms with Crippen LogP contribution in [0.1, 0.15) is 41.5 Å². The quantitative estimate of drug-likeness (QED) is 0.759. The first kappa shape index (κ1) is 14.2. The highest BCUT2D eigenvalue weighted by Crippen LogP contribution is 2.25. The van der Waals surface area contributed by atoms with E-state index < -0.39 is 0 Å². The Morgan fingerprint density at radius 1 is 1.40 bits per heavy atom. The molecular formula is C15H19N3O2. The summed E-state index contributed by atoms with van der Waals surface area (Å²) in [6.07, 6.45) is 3.57. The van der Waals surface area contributed by atoms with E-state index in [1.807, 2.05) is 25.1 Å². The summed E-state index contributed by atoms with van der Waals surface area (Å²) in [6.45, 7) is 4.12. The van der Waals surface area contributed by atoms with Gasteiger partial charge in [-0.05, 0) is 37.5 Å². The number of methoxy groups -OCH3 is 1. The van der Waals surface area contributed by atoms with Gasteiger partial charge in [0.1, 0.15) is 17.1 Å². The maximum Gasteiger partial charge on any atom is 0.172 e. The van der Waals surface area contributed by atoms with Crippen LogP contribution in [0.4, 0.5) is 0 Å². The summed E-state index contributed by atoms with van der Waals surface area (Å²) < 4.78 is 7.09. The number of benzene rings is 1. The lowest BCUT2D eigenvalue weighted by molar-refractivity contribution is 0.111. The first-order valence-corrected chi connectivity index (χ1v) is 6.76. The molecule has 0 aliphatic rings. The van der Waals surface area contributed by atoms with Gasteiger partial charge in [-0.1, -0.05) is 24.6 Å². The molecule has 0 bridgehead atoms. The molecule has 1 heterocycles. The van der Waals surface area contributed by atoms with Gasteiger partial charge in [0, 0.05) is 0 Å². The van der Waals surface area contributed by atoms with Gasteiger partial charge in [0.2, 0.25) is 0 Å². The molecule has 0 fully saturated rings. The maximum atomic E-state index is 11.1. The molecule has 1 aromatic carbocycles. The average molecular weight is 273 g/mol. The van der Waals surface area contributed by atoms with Crippen molar-refractivity contribution in [3.63, 3.8) is 0 Å². The van der Waals surface area contributed by atoms with Crippen molar-refractivity contribution in [2.24, 2.45) is 0 Å². The Kier molecular flexibility index (Phi) is 4.50. The lowest BCUT2D eigenvalue weighted by atomic mass is 10.1. The van der Waals surface area contributed by atoms with E-state index in [0.717, 1.165) is 48.2 Å². The van der Waals surface area contributed by atoms with Crippen molar-refractivity contribution in [2.45, 2.75) is 33.1 Å². The summed E-state index contributed by atoms with van der Waals surface area (Å²) in [7, 11) is 1.62. The molecule has 1 aromatic heterocycles. The van der Waals surface area contributed by atoms with Crippen LogP contribution in [0.5, 0.6) is 5.75 Å². The van der Waals surface area contributed by atoms with E-state index >= 15 is 0 Å². The van der Waals surface area contributed by atoms with Crippen molar-refractivity contribution >= 4 is 6.29 Å². The van der Waals surface area contributed by atoms with Crippen molar-refractivity contribution in [2.75, 3.05) is 7.11 Å². The summed E-state index contributed by atoms with van der Waals surface area (Å²) >= 11 is 0. The Labute approximate surface area is 118 Å². The Hall–Kier alpha value is -2.17. The molecule has 106 valence electrons. The molecule has 2 aromatic rings. The van der Waals surface area contributed by atoms with Crippen molar-refractivity contribution in [1.82, 2.24) is 15.0 Å². The summed E-state index contributed by atoms with van der Waals surface area (Å²) in [5.41, 5.74) is 3.16. The van der Waals surface area contributed by atoms with Crippen molar-refractivity contribution in [3.8, 4) is 11.4 Å². The number of nitrogens with zero attached hydrogens (tertiary/aromatic N) is 3. The minimum absolute atomic E-state index is 0.405. The third kappa shape index (κ3) is 2.71. The van der Waals surface area contributed by atoms with Crippen LogP contribution in [0, 0.1) is 6.92 Å². The minimum atomic E-state index is 0.405. The molecule has 5 nitrogen and oxygen atoms in total. The Bertz CT molecular complexity index is 605. The van der Waals surface area contributed by atoms with Crippen LogP contribution in [0.15, 0.2) is 18.2 Å². The number of carbonyl (C=O) groups excluding carboxylic acids is 1. The zero-order valence-electron chi connectivity index (χ0n) is 12.1. The third-order valence-corrected chi connectivity index (χ3v) is 3.23. The average Bonchev–Trinajstić information content (AvgIpc) is 2.87. The zero-order valence-corrected chi connectivity index (χ0v) is 12.1. The summed E-state index contributed by atoms with van der Waals surface area (Å²) in [4.78, 5) is 11.1. The van der Waals surface area contributed by atoms with Gasteiger partial charge in [-0.15, -0.1) is 5.10 Å². The van der Waals surface area contributed by atoms with Crippen molar-refractivity contribution < 1.29 is 9.53 Å². The van der Waals surface area contributed by atoms with Gasteiger partial charge in [0.25, 0.3) is 0 Å². The first-order valence-electron chi connectivity index (χ1n) is 6.76. The number of hydrogen-bond donors (Lipinski definition) is 0. The second-order valence-electron chi connectivity index (χ2n) is 4.73. The van der Waals surface area contributed by atoms with Crippen molar-refractivity contribution in [3.05, 3.63) is 35.2 Å². The van der Waals surface area contributed by atoms with Gasteiger partial charge in [-0.25, -0.2) is 4.68 Å². The lowest BCUT2D eigenvalue weighted by Crippen LogP contribution is -2.06. The Balaban J connectivity index is 2.54. The fourth-order valence-corrected chi connectivity index (χ4v) is 2.14. The highest BCUT2D eigenvalue weighted by molar-refractivity contribution is 5.73. The van der Waals surface area contributed by atoms with E-state index in [2.05, 4.69) is 17.2 Å². The molecule has 20 heavy (non-hydrogen) atoms. The van der Waals surface area contributed by atoms with Crippen LogP contribution in [-0.2, 0) is 6.42 Å². The third-order valence-electron chi connectivity index (χ3n) is 3.23. The zero-order chi connectivity index (χ0) is 14.5. The first-order chi connectivity index (χ1) is 9.71. The summed E-state index contributed by atoms with van der Waals surface area (Å²) in [5.74, 6) is 0.718. The SMILES string of the molecule is CCCCc1c(C=O)nnn1-c1cc(C)ccc1OC. The number of aldehydes is 1. The summed E-state index contributed by atoms with van der Waals surface area (Å²) in [6, 6.07) is 5.86. The number of unbranched alkanes of at least 4 members (excludes halogenated alkanes) is 1. The van der Waals surface area contributed by atoms with E-state index in [9.17, 15) is 4.79 Å². The molecule has 0 amide bonds. The van der Waals surface area contributed by atoms with E-state index in [-0.39, 0.29) is 0 Å². The second-order valence-corrected chi connectivity index (χ2v) is 4.73. The highest BCUT2D eigenvalue weighted by Gasteiger charge is 2.16. The molecule has 0 spiro atoms. The lowest BCUT2D eigenvalue weighted by Gasteiger charge is -2.11. The molecule has 0 N–H and O–H groups in total. The molecule has 0 saturated heterocycles. The fraction of sp³-hybridized carbons (Fsp3) is 0.400. The van der Waals surface area contributed by atoms with Gasteiger partial charge in [-0.3, -0.25) is 4.79 Å². The van der Waals surface area contributed by atoms with Gasteiger partial charge in [0.15, 0.2) is 6.29 Å². The van der Waals surface area contributed by atoms with E-state index in [0.29, 0.717) is 5.69 Å². The number of aryl methyl sites for hydroxylation is 1. The normalized spacial score (nSPS) is 10.6. The number of carbonyl (C=O) groups is 1. The predicted molar refractivity (Wildman–Crippen MR) is 76.6 cm³/mol. The van der Waals surface area contributed by atoms with E-state index in [4.69, 9.17) is 4.74 Å². The molecule has 0 saturated carbocycles. The summed E-state index contributed by atoms with van der Waals surface area (Å²) in [5, 5.41) is 8.07. The standard InChI is InChI=1S/C15H19N3O2/c1-4-5-6-13-12(10-19)16-17-18(13)14-9-11(2)7-8-15(14)20-3/h7-10H,4-6H2,1-3H3. The minimum Gasteiger partial charge on any atom is -0.494 e. The van der Waals surface area contributed by atoms with Gasteiger partial charge < -0.3 is 4.74 Å². The van der Waals surface area contributed by atoms with Crippen LogP contribution in [-0.4, -0.2) is 28.4 Å². The molecular weight excluding hydrogens is 254 g/mol. The highest BCUT2D eigenvalue weighted by atomic mass is 16.5. The van der Waals surface area contributed by atoms with Crippen LogP contribution >= 0.6 is 0 Å². The number of aromatic nitrogens is 3. The molecule has 5 heteroatoms. The van der Waals surface area contributed by atoms with E-state index in [1.54, 1.807) is 11.8 Å². The molecule has 2 rings (SSSR count). The molecule has 0 aliphatic carbocycles. The van der Waals surface area contributed by atoms with Gasteiger partial charge in [0.05, 0.1) is 12.8 Å². The van der Waals surface area contributed by atoms with Crippen LogP contribution < -0.4 is 4.74 Å². The van der Waals surface area contributed by atoms with Gasteiger partial charge >= 0.3 is 0 Å². The molecule has 0 unspecified atom stereocenters. The van der Waals surface area contributed by atoms with Crippen LogP contribution in [0.2, 0.25) is 0 Å². The van der Waals surface area contributed by atoms with Crippen LogP contribution in [0.25, 0.3) is 5.69 Å². The number of rotatable bonds is 6. The van der Waals surface area contributed by atoms with Crippen LogP contribution in [0.3, 0.4) is 0 Å². The molecule has 0 radical (unpaired) electrons. The van der Waals surface area contributed by atoms with Gasteiger partial charge in [-0.2, -0.15) is 0 Å². The topological polar surface area (TPSA) is 57.0 Å². The maximum absolute atomic E-state index is 11.1. The fourth-order valence-electron chi connectivity index (χ4n) is 2.14. The number of hydrogen-bond acceptors (Lipinski definition) is 4. The predicted octanol–water partition coefficient (Wildman–Crippen LogP) is 2.74. The molecule has 0 atom stereocenters. The largest absolute Gasteiger partial charge is 0.494 e. The monoisotopic (exact) mass is 273 g/mol. The number of ether oxygens (including phenoxy) is 1. The van der Waals surface area contributed by atoms with Crippen molar-refractivity contribution in [1.29, 1.82) is 0 Å². The second kappa shape index (κ2) is 6.32. The molecule has 0 aliphatic heterocycles.